The summed E-state index contributed by atoms with van der Waals surface area (Å²) in [6.07, 6.45) is 5.19. The van der Waals surface area contributed by atoms with Gasteiger partial charge in [0.2, 0.25) is 5.91 Å². The predicted molar refractivity (Wildman–Crippen MR) is 95.6 cm³/mol. The van der Waals surface area contributed by atoms with Crippen LogP contribution >= 0.6 is 0 Å². The monoisotopic (exact) mass is 372 g/mol. The van der Waals surface area contributed by atoms with Gasteiger partial charge in [-0.1, -0.05) is 19.4 Å². The van der Waals surface area contributed by atoms with Gasteiger partial charge in [0.1, 0.15) is 0 Å². The summed E-state index contributed by atoms with van der Waals surface area (Å²) < 4.78 is 38.7. The molecule has 0 aromatic heterocycles. The molecule has 1 amide bonds. The Hall–Kier alpha value is -1.04. The van der Waals surface area contributed by atoms with Crippen molar-refractivity contribution < 1.29 is 18.0 Å². The van der Waals surface area contributed by atoms with Crippen LogP contribution in [0.4, 0.5) is 13.2 Å². The van der Waals surface area contributed by atoms with E-state index in [0.29, 0.717) is 43.3 Å². The number of carbonyl (C=O) groups is 1. The Kier molecular flexibility index (Phi) is 6.31. The van der Waals surface area contributed by atoms with Crippen LogP contribution in [-0.2, 0) is 4.79 Å². The summed E-state index contributed by atoms with van der Waals surface area (Å²) in [6, 6.07) is 0.863. The van der Waals surface area contributed by atoms with Gasteiger partial charge in [-0.3, -0.25) is 9.69 Å². The molecule has 0 aromatic rings. The molecule has 1 heterocycles. The van der Waals surface area contributed by atoms with Gasteiger partial charge in [-0.2, -0.15) is 13.2 Å². The van der Waals surface area contributed by atoms with Crippen LogP contribution in [-0.4, -0.2) is 42.2 Å². The van der Waals surface area contributed by atoms with Crippen LogP contribution in [0.2, 0.25) is 0 Å². The first-order valence-electron chi connectivity index (χ1n) is 10.1. The molecule has 3 fully saturated rings. The Balaban J connectivity index is 1.59. The molecule has 0 spiro atoms. The number of nitrogens with zero attached hydrogens (tertiary/aromatic N) is 1. The van der Waals surface area contributed by atoms with E-state index < -0.39 is 12.1 Å². The summed E-state index contributed by atoms with van der Waals surface area (Å²) in [4.78, 5) is 14.1. The van der Waals surface area contributed by atoms with Crippen LogP contribution in [0.15, 0.2) is 12.7 Å². The molecule has 3 unspecified atom stereocenters. The van der Waals surface area contributed by atoms with E-state index in [2.05, 4.69) is 16.8 Å². The van der Waals surface area contributed by atoms with E-state index in [9.17, 15) is 18.0 Å². The SMILES string of the molecule is C=CC(=O)NCC1CC2CCCCC2N1CC1CCC(C(F)(F)F)CC1. The molecule has 3 aliphatic rings. The molecular weight excluding hydrogens is 341 g/mol. The van der Waals surface area contributed by atoms with Crippen molar-refractivity contribution in [1.82, 2.24) is 10.2 Å². The standard InChI is InChI=1S/C20H31F3N2O/c1-2-19(26)24-12-17-11-15-5-3-4-6-18(15)25(17)13-14-7-9-16(10-8-14)20(21,22)23/h2,14-18H,1,3-13H2,(H,24,26). The number of carbonyl (C=O) groups excluding carboxylic acids is 1. The van der Waals surface area contributed by atoms with Crippen LogP contribution in [0.1, 0.15) is 57.8 Å². The number of fused-ring (bicyclic) bond motifs is 1. The van der Waals surface area contributed by atoms with E-state index >= 15 is 0 Å². The highest BCUT2D eigenvalue weighted by Crippen LogP contribution is 2.43. The molecule has 6 heteroatoms. The number of likely N-dealkylation sites (tertiary alicyclic amines) is 1. The van der Waals surface area contributed by atoms with Crippen LogP contribution in [0.5, 0.6) is 0 Å². The van der Waals surface area contributed by atoms with E-state index in [0.717, 1.165) is 13.0 Å². The largest absolute Gasteiger partial charge is 0.391 e. The van der Waals surface area contributed by atoms with Crippen molar-refractivity contribution in [1.29, 1.82) is 0 Å². The van der Waals surface area contributed by atoms with E-state index in [4.69, 9.17) is 0 Å². The van der Waals surface area contributed by atoms with E-state index in [1.54, 1.807) is 0 Å². The first kappa shape index (κ1) is 19.7. The Bertz CT molecular complexity index is 500. The van der Waals surface area contributed by atoms with Gasteiger partial charge < -0.3 is 5.32 Å². The van der Waals surface area contributed by atoms with Crippen molar-refractivity contribution in [2.75, 3.05) is 13.1 Å². The lowest BCUT2D eigenvalue weighted by atomic mass is 9.80. The highest BCUT2D eigenvalue weighted by atomic mass is 19.4. The molecule has 1 saturated heterocycles. The van der Waals surface area contributed by atoms with Gasteiger partial charge >= 0.3 is 6.18 Å². The molecule has 1 aliphatic heterocycles. The second-order valence-electron chi connectivity index (χ2n) is 8.41. The fraction of sp³-hybridized carbons (Fsp3) is 0.850. The molecule has 2 saturated carbocycles. The topological polar surface area (TPSA) is 32.3 Å². The third-order valence-electron chi connectivity index (χ3n) is 6.81. The van der Waals surface area contributed by atoms with Gasteiger partial charge in [0, 0.05) is 25.2 Å². The van der Waals surface area contributed by atoms with E-state index in [1.807, 2.05) is 0 Å². The zero-order valence-corrected chi connectivity index (χ0v) is 15.4. The summed E-state index contributed by atoms with van der Waals surface area (Å²) in [5.41, 5.74) is 0. The molecular formula is C20H31F3N2O. The number of amides is 1. The van der Waals surface area contributed by atoms with Crippen molar-refractivity contribution in [3.63, 3.8) is 0 Å². The molecule has 2 aliphatic carbocycles. The molecule has 3 atom stereocenters. The predicted octanol–water partition coefficient (Wildman–Crippen LogP) is 4.29. The maximum Gasteiger partial charge on any atom is 0.391 e. The van der Waals surface area contributed by atoms with Crippen molar-refractivity contribution in [2.45, 2.75) is 76.0 Å². The quantitative estimate of drug-likeness (QED) is 0.730. The highest BCUT2D eigenvalue weighted by Gasteiger charge is 2.45. The molecule has 0 aromatic carbocycles. The Morgan fingerprint density at radius 3 is 2.46 bits per heavy atom. The third kappa shape index (κ3) is 4.62. The number of nitrogens with one attached hydrogen (secondary N) is 1. The lowest BCUT2D eigenvalue weighted by molar-refractivity contribution is -0.184. The smallest absolute Gasteiger partial charge is 0.351 e. The molecule has 3 nitrogen and oxygen atoms in total. The third-order valence-corrected chi connectivity index (χ3v) is 6.81. The van der Waals surface area contributed by atoms with Crippen LogP contribution in [0.25, 0.3) is 0 Å². The molecule has 148 valence electrons. The average Bonchev–Trinajstić information content (AvgIpc) is 2.97. The average molecular weight is 372 g/mol. The van der Waals surface area contributed by atoms with Gasteiger partial charge in [0.05, 0.1) is 5.92 Å². The molecule has 26 heavy (non-hydrogen) atoms. The van der Waals surface area contributed by atoms with E-state index in [1.165, 1.54) is 31.8 Å². The number of hydrogen-bond donors (Lipinski definition) is 1. The minimum atomic E-state index is -4.04. The summed E-state index contributed by atoms with van der Waals surface area (Å²) >= 11 is 0. The fourth-order valence-corrected chi connectivity index (χ4v) is 5.40. The highest BCUT2D eigenvalue weighted by molar-refractivity contribution is 5.86. The van der Waals surface area contributed by atoms with Crippen molar-refractivity contribution in [3.05, 3.63) is 12.7 Å². The van der Waals surface area contributed by atoms with Gasteiger partial charge in [0.25, 0.3) is 0 Å². The Morgan fingerprint density at radius 2 is 1.81 bits per heavy atom. The van der Waals surface area contributed by atoms with Crippen molar-refractivity contribution >= 4 is 5.91 Å². The Labute approximate surface area is 154 Å². The van der Waals surface area contributed by atoms with Crippen LogP contribution < -0.4 is 5.32 Å². The van der Waals surface area contributed by atoms with Crippen LogP contribution in [0, 0.1) is 17.8 Å². The summed E-state index contributed by atoms with van der Waals surface area (Å²) in [6.45, 7) is 5.01. The van der Waals surface area contributed by atoms with Crippen molar-refractivity contribution in [2.24, 2.45) is 17.8 Å². The molecule has 1 N–H and O–H groups in total. The van der Waals surface area contributed by atoms with E-state index in [-0.39, 0.29) is 18.7 Å². The number of rotatable bonds is 5. The van der Waals surface area contributed by atoms with Gasteiger partial charge in [-0.15, -0.1) is 0 Å². The molecule has 3 rings (SSSR count). The minimum Gasteiger partial charge on any atom is -0.351 e. The summed E-state index contributed by atoms with van der Waals surface area (Å²) in [5, 5.41) is 2.93. The fourth-order valence-electron chi connectivity index (χ4n) is 5.40. The second kappa shape index (κ2) is 8.32. The zero-order chi connectivity index (χ0) is 18.7. The van der Waals surface area contributed by atoms with Gasteiger partial charge in [0.15, 0.2) is 0 Å². The lowest BCUT2D eigenvalue weighted by Gasteiger charge is -2.38. The van der Waals surface area contributed by atoms with Crippen molar-refractivity contribution in [3.8, 4) is 0 Å². The molecule has 0 radical (unpaired) electrons. The lowest BCUT2D eigenvalue weighted by Crippen LogP contribution is -2.46. The number of alkyl halides is 3. The second-order valence-corrected chi connectivity index (χ2v) is 8.41. The normalized spacial score (nSPS) is 35.7. The minimum absolute atomic E-state index is 0.148. The van der Waals surface area contributed by atoms with Gasteiger partial charge in [-0.05, 0) is 62.9 Å². The van der Waals surface area contributed by atoms with Gasteiger partial charge in [-0.25, -0.2) is 0 Å². The zero-order valence-electron chi connectivity index (χ0n) is 15.4. The first-order valence-corrected chi connectivity index (χ1v) is 10.1. The van der Waals surface area contributed by atoms with Crippen LogP contribution in [0.3, 0.4) is 0 Å². The summed E-state index contributed by atoms with van der Waals surface area (Å²) in [5.74, 6) is -0.222. The molecule has 0 bridgehead atoms. The summed E-state index contributed by atoms with van der Waals surface area (Å²) in [7, 11) is 0. The first-order chi connectivity index (χ1) is 12.4. The number of halogens is 3. The Morgan fingerprint density at radius 1 is 1.12 bits per heavy atom. The maximum atomic E-state index is 12.9. The maximum absolute atomic E-state index is 12.9. The number of hydrogen-bond acceptors (Lipinski definition) is 2.